The number of hydrazone groups is 1. The summed E-state index contributed by atoms with van der Waals surface area (Å²) in [6, 6.07) is 6.96. The first kappa shape index (κ1) is 21.4. The van der Waals surface area contributed by atoms with Crippen LogP contribution in [0.1, 0.15) is 34.1 Å². The van der Waals surface area contributed by atoms with Gasteiger partial charge in [0.1, 0.15) is 12.3 Å². The van der Waals surface area contributed by atoms with Crippen molar-refractivity contribution in [1.29, 1.82) is 0 Å². The molecular formula is C21H21F3N4O2. The summed E-state index contributed by atoms with van der Waals surface area (Å²) in [7, 11) is 0. The van der Waals surface area contributed by atoms with E-state index in [0.717, 1.165) is 11.8 Å². The number of nitrogens with zero attached hydrogens (tertiary/aromatic N) is 4. The van der Waals surface area contributed by atoms with E-state index in [0.29, 0.717) is 38.8 Å². The first-order valence-electron chi connectivity index (χ1n) is 9.11. The maximum absolute atomic E-state index is 12.9. The second kappa shape index (κ2) is 7.81. The van der Waals surface area contributed by atoms with E-state index < -0.39 is 12.7 Å². The molecule has 0 saturated carbocycles. The third-order valence-corrected chi connectivity index (χ3v) is 4.85. The van der Waals surface area contributed by atoms with E-state index >= 15 is 0 Å². The zero-order valence-corrected chi connectivity index (χ0v) is 16.8. The number of amides is 1. The fraction of sp³-hybridized carbons (Fsp3) is 0.286. The van der Waals surface area contributed by atoms with Gasteiger partial charge in [-0.05, 0) is 44.0 Å². The Kier molecular flexibility index (Phi) is 5.56. The third-order valence-electron chi connectivity index (χ3n) is 4.85. The van der Waals surface area contributed by atoms with Crippen LogP contribution in [-0.4, -0.2) is 45.3 Å². The van der Waals surface area contributed by atoms with Gasteiger partial charge in [-0.2, -0.15) is 18.3 Å². The van der Waals surface area contributed by atoms with Gasteiger partial charge in [0.15, 0.2) is 0 Å². The predicted octanol–water partition coefficient (Wildman–Crippen LogP) is 4.37. The van der Waals surface area contributed by atoms with Crippen LogP contribution in [0.25, 0.3) is 11.3 Å². The van der Waals surface area contributed by atoms with Crippen molar-refractivity contribution >= 4 is 12.6 Å². The normalized spacial score (nSPS) is 14.1. The maximum atomic E-state index is 12.9. The molecule has 0 saturated heterocycles. The largest absolute Gasteiger partial charge is 0.508 e. The molecule has 1 aromatic heterocycles. The summed E-state index contributed by atoms with van der Waals surface area (Å²) in [6.07, 6.45) is -3.32. The Hall–Kier alpha value is -3.36. The topological polar surface area (TPSA) is 69.0 Å². The molecule has 1 N–H and O–H groups in total. The van der Waals surface area contributed by atoms with Gasteiger partial charge in [0.05, 0.1) is 23.5 Å². The van der Waals surface area contributed by atoms with Crippen LogP contribution in [0.5, 0.6) is 5.75 Å². The molecular weight excluding hydrogens is 397 g/mol. The number of fused-ring (bicyclic) bond motifs is 1. The molecule has 0 bridgehead atoms. The van der Waals surface area contributed by atoms with Crippen molar-refractivity contribution in [1.82, 2.24) is 14.9 Å². The summed E-state index contributed by atoms with van der Waals surface area (Å²) in [5.74, 6) is -0.191. The average molecular weight is 418 g/mol. The Balaban J connectivity index is 1.92. The van der Waals surface area contributed by atoms with Crippen molar-refractivity contribution in [3.63, 3.8) is 0 Å². The summed E-state index contributed by atoms with van der Waals surface area (Å²) in [5, 5.41) is 14.0. The molecule has 3 rings (SSSR count). The van der Waals surface area contributed by atoms with Crippen LogP contribution < -0.4 is 0 Å². The highest BCUT2D eigenvalue weighted by atomic mass is 19.4. The van der Waals surface area contributed by atoms with Crippen LogP contribution in [0.2, 0.25) is 0 Å². The van der Waals surface area contributed by atoms with Gasteiger partial charge < -0.3 is 10.0 Å². The minimum atomic E-state index is -4.46. The van der Waals surface area contributed by atoms with Gasteiger partial charge >= 0.3 is 6.18 Å². The van der Waals surface area contributed by atoms with Gasteiger partial charge in [-0.1, -0.05) is 12.1 Å². The highest BCUT2D eigenvalue weighted by molar-refractivity contribution is 6.00. The molecule has 1 aliphatic rings. The van der Waals surface area contributed by atoms with Crippen molar-refractivity contribution in [3.8, 4) is 17.0 Å². The lowest BCUT2D eigenvalue weighted by atomic mass is 10.0. The summed E-state index contributed by atoms with van der Waals surface area (Å²) in [6.45, 7) is 7.07. The SMILES string of the molecule is C=NN(/C=C(\C)N1Cc2nc(-c3ccc(C)c(O)c3)cc(C)c2C1=O)CC(F)(F)F. The average Bonchev–Trinajstić information content (AvgIpc) is 2.99. The molecule has 30 heavy (non-hydrogen) atoms. The molecule has 158 valence electrons. The van der Waals surface area contributed by atoms with Crippen molar-refractivity contribution < 1.29 is 23.1 Å². The molecule has 0 fully saturated rings. The van der Waals surface area contributed by atoms with E-state index in [1.54, 1.807) is 32.0 Å². The monoisotopic (exact) mass is 418 g/mol. The zero-order chi connectivity index (χ0) is 22.2. The van der Waals surface area contributed by atoms with Gasteiger partial charge in [-0.25, -0.2) is 0 Å². The Labute approximate surface area is 171 Å². The van der Waals surface area contributed by atoms with E-state index in [2.05, 4.69) is 16.8 Å². The number of halogens is 3. The second-order valence-electron chi connectivity index (χ2n) is 7.16. The van der Waals surface area contributed by atoms with Gasteiger partial charge in [-0.3, -0.25) is 14.8 Å². The number of benzene rings is 1. The number of aromatic hydroxyl groups is 1. The third kappa shape index (κ3) is 4.29. The predicted molar refractivity (Wildman–Crippen MR) is 107 cm³/mol. The van der Waals surface area contributed by atoms with Crippen molar-refractivity contribution in [3.05, 3.63) is 58.5 Å². The Bertz CT molecular complexity index is 1050. The zero-order valence-electron chi connectivity index (χ0n) is 16.8. The van der Waals surface area contributed by atoms with E-state index in [1.807, 2.05) is 6.07 Å². The Morgan fingerprint density at radius 1 is 1.33 bits per heavy atom. The summed E-state index contributed by atoms with van der Waals surface area (Å²) in [4.78, 5) is 18.8. The smallest absolute Gasteiger partial charge is 0.408 e. The maximum Gasteiger partial charge on any atom is 0.408 e. The first-order chi connectivity index (χ1) is 14.0. The lowest BCUT2D eigenvalue weighted by Gasteiger charge is -2.21. The number of phenols is 1. The van der Waals surface area contributed by atoms with Crippen LogP contribution in [0.4, 0.5) is 13.2 Å². The fourth-order valence-electron chi connectivity index (χ4n) is 3.31. The Morgan fingerprint density at radius 2 is 2.03 bits per heavy atom. The van der Waals surface area contributed by atoms with Gasteiger partial charge in [0.2, 0.25) is 0 Å². The Morgan fingerprint density at radius 3 is 2.63 bits per heavy atom. The molecule has 1 aliphatic heterocycles. The molecule has 0 atom stereocenters. The highest BCUT2D eigenvalue weighted by Gasteiger charge is 2.33. The van der Waals surface area contributed by atoms with Crippen LogP contribution in [0.3, 0.4) is 0 Å². The van der Waals surface area contributed by atoms with Crippen molar-refractivity contribution in [2.24, 2.45) is 5.10 Å². The molecule has 2 heterocycles. The number of rotatable bonds is 5. The molecule has 0 radical (unpaired) electrons. The fourth-order valence-corrected chi connectivity index (χ4v) is 3.31. The van der Waals surface area contributed by atoms with Gasteiger partial charge in [0, 0.05) is 24.2 Å². The lowest BCUT2D eigenvalue weighted by molar-refractivity contribution is -0.140. The molecule has 2 aromatic rings. The second-order valence-corrected chi connectivity index (χ2v) is 7.16. The molecule has 0 unspecified atom stereocenters. The first-order valence-corrected chi connectivity index (χ1v) is 9.11. The van der Waals surface area contributed by atoms with Crippen LogP contribution in [0, 0.1) is 13.8 Å². The number of carbonyl (C=O) groups excluding carboxylic acids is 1. The standard InChI is InChI=1S/C21H21F3N4O2/c1-12-5-6-15(8-18(12)29)16-7-13(2)19-17(26-16)10-28(20(19)30)14(3)9-27(25-4)11-21(22,23)24/h5-9,29H,4,10-11H2,1-3H3/b14-9+. The van der Waals surface area contributed by atoms with E-state index in [1.165, 1.54) is 11.8 Å². The summed E-state index contributed by atoms with van der Waals surface area (Å²) < 4.78 is 38.0. The molecule has 1 amide bonds. The molecule has 9 heteroatoms. The van der Waals surface area contributed by atoms with Gasteiger partial charge in [-0.15, -0.1) is 0 Å². The number of phenolic OH excluding ortho intramolecular Hbond substituents is 1. The number of allylic oxidation sites excluding steroid dienone is 1. The number of aromatic nitrogens is 1. The summed E-state index contributed by atoms with van der Waals surface area (Å²) in [5.41, 5.74) is 3.98. The van der Waals surface area contributed by atoms with E-state index in [-0.39, 0.29) is 18.2 Å². The van der Waals surface area contributed by atoms with Crippen molar-refractivity contribution in [2.45, 2.75) is 33.5 Å². The number of alkyl halides is 3. The van der Waals surface area contributed by atoms with Crippen LogP contribution >= 0.6 is 0 Å². The van der Waals surface area contributed by atoms with Crippen LogP contribution in [0.15, 0.2) is 41.3 Å². The number of aryl methyl sites for hydroxylation is 2. The van der Waals surface area contributed by atoms with Gasteiger partial charge in [0.25, 0.3) is 5.91 Å². The number of hydrogen-bond acceptors (Lipinski definition) is 5. The van der Waals surface area contributed by atoms with E-state index in [9.17, 15) is 23.1 Å². The minimum Gasteiger partial charge on any atom is -0.508 e. The van der Waals surface area contributed by atoms with Crippen LogP contribution in [-0.2, 0) is 6.54 Å². The lowest BCUT2D eigenvalue weighted by Crippen LogP contribution is -2.29. The number of pyridine rings is 1. The highest BCUT2D eigenvalue weighted by Crippen LogP contribution is 2.32. The minimum absolute atomic E-state index is 0.125. The molecule has 1 aromatic carbocycles. The van der Waals surface area contributed by atoms with Crippen molar-refractivity contribution in [2.75, 3.05) is 6.54 Å². The quantitative estimate of drug-likeness (QED) is 0.578. The number of hydrogen-bond donors (Lipinski definition) is 1. The number of carbonyl (C=O) groups is 1. The summed E-state index contributed by atoms with van der Waals surface area (Å²) >= 11 is 0. The van der Waals surface area contributed by atoms with E-state index in [4.69, 9.17) is 0 Å². The molecule has 6 nitrogen and oxygen atoms in total. The molecule has 0 spiro atoms. The molecule has 0 aliphatic carbocycles.